The minimum atomic E-state index is -1.15. The van der Waals surface area contributed by atoms with Gasteiger partial charge in [0, 0.05) is 0 Å². The fraction of sp³-hybridized carbons (Fsp3) is 0.250. The quantitative estimate of drug-likeness (QED) is 0.512. The summed E-state index contributed by atoms with van der Waals surface area (Å²) in [7, 11) is 0. The molecule has 0 bridgehead atoms. The minimum absolute atomic E-state index is 0.00917. The average molecular weight is 268 g/mol. The number of carboxylic acid groups (broad SMARTS) is 1. The molecule has 1 aromatic carbocycles. The number of carboxylic acids is 1. The third kappa shape index (κ3) is 3.60. The number of fused-ring (bicyclic) bond motifs is 1. The van der Waals surface area contributed by atoms with Crippen LogP contribution in [-0.4, -0.2) is 45.9 Å². The third-order valence-corrected chi connectivity index (χ3v) is 2.16. The summed E-state index contributed by atoms with van der Waals surface area (Å²) < 4.78 is 4.30. The van der Waals surface area contributed by atoms with E-state index in [1.807, 2.05) is 0 Å². The van der Waals surface area contributed by atoms with Crippen molar-refractivity contribution in [3.05, 3.63) is 34.9 Å². The van der Waals surface area contributed by atoms with Gasteiger partial charge in [0.1, 0.15) is 0 Å². The lowest BCUT2D eigenvalue weighted by atomic mass is 10.1. The fourth-order valence-electron chi connectivity index (χ4n) is 1.22. The monoisotopic (exact) mass is 268 g/mol. The van der Waals surface area contributed by atoms with E-state index in [-0.39, 0.29) is 23.3 Å². The number of ether oxygens (including phenoxy) is 1. The Hall–Kier alpha value is -2.25. The molecule has 3 N–H and O–H groups in total. The van der Waals surface area contributed by atoms with Crippen LogP contribution in [0.15, 0.2) is 18.2 Å². The Bertz CT molecular complexity index is 519. The summed E-state index contributed by atoms with van der Waals surface area (Å²) >= 11 is 0. The van der Waals surface area contributed by atoms with Gasteiger partial charge in [-0.15, -0.1) is 0 Å². The predicted molar refractivity (Wildman–Crippen MR) is 61.9 cm³/mol. The first-order valence-corrected chi connectivity index (χ1v) is 5.29. The van der Waals surface area contributed by atoms with Crippen molar-refractivity contribution in [1.82, 2.24) is 0 Å². The molecule has 1 unspecified atom stereocenters. The van der Waals surface area contributed by atoms with Crippen molar-refractivity contribution in [2.24, 2.45) is 0 Å². The number of cyclic esters (lactones) is 2. The van der Waals surface area contributed by atoms with Gasteiger partial charge in [0.25, 0.3) is 0 Å². The molecule has 0 saturated carbocycles. The van der Waals surface area contributed by atoms with Crippen molar-refractivity contribution in [1.29, 1.82) is 0 Å². The molecule has 1 aromatic rings. The number of benzene rings is 1. The first-order chi connectivity index (χ1) is 8.86. The number of aromatic carboxylic acids is 1. The Morgan fingerprint density at radius 2 is 1.79 bits per heavy atom. The third-order valence-electron chi connectivity index (χ3n) is 2.16. The Morgan fingerprint density at radius 3 is 2.26 bits per heavy atom. The number of carbonyl (C=O) groups is 3. The van der Waals surface area contributed by atoms with Crippen LogP contribution in [-0.2, 0) is 4.74 Å². The highest BCUT2D eigenvalue weighted by Crippen LogP contribution is 2.20. The molecule has 7 heteroatoms. The van der Waals surface area contributed by atoms with E-state index in [1.165, 1.54) is 19.1 Å². The maximum Gasteiger partial charge on any atom is 0.346 e. The van der Waals surface area contributed by atoms with Gasteiger partial charge < -0.3 is 20.1 Å². The standard InChI is InChI=1S/C9H4O5.C3H8O2/c10-7(11)4-1-2-5-6(3-4)9(13)14-8(5)12;1-3(5)2-4/h1-3H,(H,10,11);3-5H,2H2,1H3. The second-order valence-corrected chi connectivity index (χ2v) is 3.77. The van der Waals surface area contributed by atoms with Crippen LogP contribution in [0.4, 0.5) is 0 Å². The molecule has 0 aromatic heterocycles. The summed E-state index contributed by atoms with van der Waals surface area (Å²) in [5.74, 6) is -2.69. The number of aliphatic hydroxyl groups excluding tert-OH is 2. The molecule has 102 valence electrons. The molecule has 1 heterocycles. The number of hydrogen-bond donors (Lipinski definition) is 3. The summed E-state index contributed by atoms with van der Waals surface area (Å²) in [6.07, 6.45) is -0.560. The molecule has 0 saturated heterocycles. The van der Waals surface area contributed by atoms with Gasteiger partial charge in [0.05, 0.1) is 29.4 Å². The zero-order valence-corrected chi connectivity index (χ0v) is 9.99. The second-order valence-electron chi connectivity index (χ2n) is 3.77. The van der Waals surface area contributed by atoms with E-state index in [0.29, 0.717) is 0 Å². The highest BCUT2D eigenvalue weighted by atomic mass is 16.6. The van der Waals surface area contributed by atoms with Crippen molar-refractivity contribution in [2.45, 2.75) is 13.0 Å². The molecule has 19 heavy (non-hydrogen) atoms. The predicted octanol–water partition coefficient (Wildman–Crippen LogP) is 0.0549. The minimum Gasteiger partial charge on any atom is -0.478 e. The molecule has 7 nitrogen and oxygen atoms in total. The summed E-state index contributed by atoms with van der Waals surface area (Å²) in [5.41, 5.74) is 0.0744. The van der Waals surface area contributed by atoms with E-state index >= 15 is 0 Å². The van der Waals surface area contributed by atoms with Gasteiger partial charge in [-0.1, -0.05) is 0 Å². The number of aliphatic hydroxyl groups is 2. The van der Waals surface area contributed by atoms with E-state index < -0.39 is 24.0 Å². The Morgan fingerprint density at radius 1 is 1.26 bits per heavy atom. The topological polar surface area (TPSA) is 121 Å². The molecule has 1 aliphatic rings. The van der Waals surface area contributed by atoms with Crippen LogP contribution in [0.3, 0.4) is 0 Å². The van der Waals surface area contributed by atoms with Crippen molar-refractivity contribution < 1.29 is 34.4 Å². The summed E-state index contributed by atoms with van der Waals surface area (Å²) in [4.78, 5) is 32.5. The van der Waals surface area contributed by atoms with Gasteiger partial charge >= 0.3 is 17.9 Å². The van der Waals surface area contributed by atoms with Crippen LogP contribution in [0.1, 0.15) is 38.0 Å². The van der Waals surface area contributed by atoms with E-state index in [9.17, 15) is 14.4 Å². The van der Waals surface area contributed by atoms with Crippen molar-refractivity contribution >= 4 is 17.9 Å². The molecule has 2 rings (SSSR count). The van der Waals surface area contributed by atoms with E-state index in [2.05, 4.69) is 4.74 Å². The van der Waals surface area contributed by atoms with Crippen LogP contribution in [0.25, 0.3) is 0 Å². The van der Waals surface area contributed by atoms with E-state index in [1.54, 1.807) is 0 Å². The zero-order chi connectivity index (χ0) is 14.6. The van der Waals surface area contributed by atoms with Crippen LogP contribution in [0, 0.1) is 0 Å². The SMILES string of the molecule is CC(O)CO.O=C(O)c1ccc2c(c1)C(=O)OC2=O. The maximum absolute atomic E-state index is 11.0. The molecule has 1 aliphatic heterocycles. The van der Waals surface area contributed by atoms with Gasteiger partial charge in [0.2, 0.25) is 0 Å². The Balaban J connectivity index is 0.000000312. The van der Waals surface area contributed by atoms with Crippen molar-refractivity contribution in [2.75, 3.05) is 6.61 Å². The van der Waals surface area contributed by atoms with E-state index in [4.69, 9.17) is 15.3 Å². The molecule has 0 fully saturated rings. The largest absolute Gasteiger partial charge is 0.478 e. The normalized spacial score (nSPS) is 14.1. The number of carbonyl (C=O) groups excluding carboxylic acids is 2. The van der Waals surface area contributed by atoms with Gasteiger partial charge in [0.15, 0.2) is 0 Å². The Labute approximate surface area is 108 Å². The van der Waals surface area contributed by atoms with Crippen molar-refractivity contribution in [3.63, 3.8) is 0 Å². The van der Waals surface area contributed by atoms with Gasteiger partial charge in [-0.05, 0) is 25.1 Å². The molecule has 0 spiro atoms. The highest BCUT2D eigenvalue weighted by molar-refractivity contribution is 6.15. The highest BCUT2D eigenvalue weighted by Gasteiger charge is 2.30. The van der Waals surface area contributed by atoms with Crippen LogP contribution < -0.4 is 0 Å². The lowest BCUT2D eigenvalue weighted by molar-refractivity contribution is 0.0443. The molecule has 0 aliphatic carbocycles. The fourth-order valence-corrected chi connectivity index (χ4v) is 1.22. The molecular formula is C12H12O7. The summed E-state index contributed by atoms with van der Waals surface area (Å²) in [5, 5.41) is 24.6. The lowest BCUT2D eigenvalue weighted by Crippen LogP contribution is -2.03. The van der Waals surface area contributed by atoms with Crippen LogP contribution in [0.5, 0.6) is 0 Å². The zero-order valence-electron chi connectivity index (χ0n) is 9.99. The lowest BCUT2D eigenvalue weighted by Gasteiger charge is -1.94. The molecule has 1 atom stereocenters. The second kappa shape index (κ2) is 6.07. The Kier molecular flexibility index (Phi) is 4.74. The molecular weight excluding hydrogens is 256 g/mol. The number of hydrogen-bond acceptors (Lipinski definition) is 6. The van der Waals surface area contributed by atoms with Gasteiger partial charge in [-0.3, -0.25) is 0 Å². The molecule has 0 amide bonds. The summed E-state index contributed by atoms with van der Waals surface area (Å²) in [6.45, 7) is 1.39. The van der Waals surface area contributed by atoms with Gasteiger partial charge in [-0.2, -0.15) is 0 Å². The van der Waals surface area contributed by atoms with Gasteiger partial charge in [-0.25, -0.2) is 14.4 Å². The first-order valence-electron chi connectivity index (χ1n) is 5.29. The summed E-state index contributed by atoms with van der Waals surface area (Å²) in [6, 6.07) is 3.65. The van der Waals surface area contributed by atoms with Crippen LogP contribution in [0.2, 0.25) is 0 Å². The first kappa shape index (κ1) is 14.8. The smallest absolute Gasteiger partial charge is 0.346 e. The number of esters is 2. The van der Waals surface area contributed by atoms with E-state index in [0.717, 1.165) is 6.07 Å². The number of rotatable bonds is 2. The van der Waals surface area contributed by atoms with Crippen LogP contribution >= 0.6 is 0 Å². The molecule has 0 radical (unpaired) electrons. The van der Waals surface area contributed by atoms with Crippen molar-refractivity contribution in [3.8, 4) is 0 Å². The maximum atomic E-state index is 11.0. The average Bonchev–Trinajstić information content (AvgIpc) is 2.65.